The van der Waals surface area contributed by atoms with Gasteiger partial charge in [-0.25, -0.2) is 18.4 Å². The van der Waals surface area contributed by atoms with E-state index in [1.54, 1.807) is 18.2 Å². The van der Waals surface area contributed by atoms with E-state index >= 15 is 0 Å². The number of carboxylic acid groups (broad SMARTS) is 1. The van der Waals surface area contributed by atoms with Crippen molar-refractivity contribution in [2.45, 2.75) is 43.0 Å². The summed E-state index contributed by atoms with van der Waals surface area (Å²) in [5, 5.41) is 17.8. The Morgan fingerprint density at radius 2 is 2.10 bits per heavy atom. The van der Waals surface area contributed by atoms with E-state index in [0.29, 0.717) is 12.8 Å². The van der Waals surface area contributed by atoms with E-state index in [-0.39, 0.29) is 16.5 Å². The van der Waals surface area contributed by atoms with Gasteiger partial charge in [0.1, 0.15) is 10.4 Å². The van der Waals surface area contributed by atoms with Crippen molar-refractivity contribution in [3.05, 3.63) is 24.3 Å². The molecule has 1 aliphatic carbocycles. The molecule has 0 saturated heterocycles. The molecule has 2 rings (SSSR count). The first-order chi connectivity index (χ1) is 9.74. The Kier molecular flexibility index (Phi) is 4.25. The minimum absolute atomic E-state index is 0.0798. The zero-order chi connectivity index (χ0) is 15.7. The van der Waals surface area contributed by atoms with Crippen molar-refractivity contribution in [2.75, 3.05) is 5.32 Å². The molecule has 6 nitrogen and oxygen atoms in total. The van der Waals surface area contributed by atoms with E-state index < -0.39 is 21.5 Å². The van der Waals surface area contributed by atoms with E-state index in [2.05, 4.69) is 5.32 Å². The Balaban J connectivity index is 2.41. The van der Waals surface area contributed by atoms with Crippen LogP contribution in [-0.4, -0.2) is 25.0 Å². The lowest BCUT2D eigenvalue weighted by Gasteiger charge is -2.38. The summed E-state index contributed by atoms with van der Waals surface area (Å²) in [7, 11) is -3.91. The largest absolute Gasteiger partial charge is 0.480 e. The molecule has 2 unspecified atom stereocenters. The lowest BCUT2D eigenvalue weighted by molar-refractivity contribution is -0.144. The number of nitrogens with two attached hydrogens (primary N) is 1. The summed E-state index contributed by atoms with van der Waals surface area (Å²) in [5.41, 5.74) is -0.894. The molecular formula is C14H20N2O4S. The molecule has 0 aromatic heterocycles. The van der Waals surface area contributed by atoms with Gasteiger partial charge in [0, 0.05) is 0 Å². The summed E-state index contributed by atoms with van der Waals surface area (Å²) in [6, 6.07) is 6.13. The standard InChI is InChI=1S/C14H20N2O4S/c1-10-5-4-8-14(9-10,13(17)18)16-11-6-2-3-7-12(11)21(15,19)20/h2-3,6-7,10,16H,4-5,8-9H2,1H3,(H,17,18)(H2,15,19,20). The van der Waals surface area contributed by atoms with E-state index in [1.165, 1.54) is 6.07 Å². The number of carbonyl (C=O) groups is 1. The third-order valence-electron chi connectivity index (χ3n) is 3.97. The Hall–Kier alpha value is -1.60. The normalized spacial score (nSPS) is 26.3. The second kappa shape index (κ2) is 5.65. The summed E-state index contributed by atoms with van der Waals surface area (Å²) in [4.78, 5) is 11.7. The molecule has 7 heteroatoms. The monoisotopic (exact) mass is 312 g/mol. The molecule has 1 aliphatic rings. The number of nitrogens with one attached hydrogen (secondary N) is 1. The van der Waals surface area contributed by atoms with Crippen molar-refractivity contribution in [3.63, 3.8) is 0 Å². The van der Waals surface area contributed by atoms with Crippen LogP contribution in [0.1, 0.15) is 32.6 Å². The molecule has 1 saturated carbocycles. The Bertz CT molecular complexity index is 644. The molecule has 1 fully saturated rings. The number of aliphatic carboxylic acids is 1. The zero-order valence-electron chi connectivity index (χ0n) is 11.9. The number of sulfonamides is 1. The average molecular weight is 312 g/mol. The molecule has 4 N–H and O–H groups in total. The predicted octanol–water partition coefficient (Wildman–Crippen LogP) is 1.78. The first kappa shape index (κ1) is 15.8. The van der Waals surface area contributed by atoms with Gasteiger partial charge in [0.05, 0.1) is 5.69 Å². The lowest BCUT2D eigenvalue weighted by Crippen LogP contribution is -2.49. The highest BCUT2D eigenvalue weighted by Gasteiger charge is 2.42. The highest BCUT2D eigenvalue weighted by molar-refractivity contribution is 7.89. The van der Waals surface area contributed by atoms with Crippen LogP contribution in [0.4, 0.5) is 5.69 Å². The fourth-order valence-corrected chi connectivity index (χ4v) is 3.68. The van der Waals surface area contributed by atoms with E-state index in [0.717, 1.165) is 12.8 Å². The van der Waals surface area contributed by atoms with Crippen LogP contribution in [0.15, 0.2) is 29.2 Å². The molecular weight excluding hydrogens is 292 g/mol. The molecule has 0 amide bonds. The zero-order valence-corrected chi connectivity index (χ0v) is 12.7. The van der Waals surface area contributed by atoms with Crippen LogP contribution in [0.2, 0.25) is 0 Å². The van der Waals surface area contributed by atoms with Crippen LogP contribution >= 0.6 is 0 Å². The van der Waals surface area contributed by atoms with Gasteiger partial charge in [-0.1, -0.05) is 31.9 Å². The van der Waals surface area contributed by atoms with Crippen molar-refractivity contribution < 1.29 is 18.3 Å². The predicted molar refractivity (Wildman–Crippen MR) is 79.4 cm³/mol. The summed E-state index contributed by atoms with van der Waals surface area (Å²) in [6.07, 6.45) is 2.69. The average Bonchev–Trinajstić information content (AvgIpc) is 2.38. The maximum atomic E-state index is 11.7. The van der Waals surface area contributed by atoms with E-state index in [1.807, 2.05) is 6.92 Å². The van der Waals surface area contributed by atoms with Gasteiger partial charge in [0.25, 0.3) is 0 Å². The molecule has 0 radical (unpaired) electrons. The number of rotatable bonds is 4. The van der Waals surface area contributed by atoms with Gasteiger partial charge >= 0.3 is 5.97 Å². The third kappa shape index (κ3) is 3.36. The van der Waals surface area contributed by atoms with Gasteiger partial charge in [-0.2, -0.15) is 0 Å². The van der Waals surface area contributed by atoms with Gasteiger partial charge in [0.2, 0.25) is 10.0 Å². The molecule has 1 aromatic carbocycles. The van der Waals surface area contributed by atoms with Crippen molar-refractivity contribution in [3.8, 4) is 0 Å². The second-order valence-electron chi connectivity index (χ2n) is 5.75. The van der Waals surface area contributed by atoms with E-state index in [4.69, 9.17) is 5.14 Å². The molecule has 0 aliphatic heterocycles. The number of para-hydroxylation sites is 1. The molecule has 2 atom stereocenters. The quantitative estimate of drug-likeness (QED) is 0.785. The highest BCUT2D eigenvalue weighted by Crippen LogP contribution is 2.36. The third-order valence-corrected chi connectivity index (χ3v) is 4.94. The number of primary sulfonamides is 1. The smallest absolute Gasteiger partial charge is 0.329 e. The Morgan fingerprint density at radius 3 is 2.67 bits per heavy atom. The maximum Gasteiger partial charge on any atom is 0.329 e. The number of hydrogen-bond donors (Lipinski definition) is 3. The highest BCUT2D eigenvalue weighted by atomic mass is 32.2. The summed E-state index contributed by atoms with van der Waals surface area (Å²) < 4.78 is 23.2. The van der Waals surface area contributed by atoms with Crippen molar-refractivity contribution in [1.82, 2.24) is 0 Å². The number of anilines is 1. The van der Waals surface area contributed by atoms with Crippen LogP contribution in [0, 0.1) is 5.92 Å². The van der Waals surface area contributed by atoms with Gasteiger partial charge < -0.3 is 10.4 Å². The summed E-state index contributed by atoms with van der Waals surface area (Å²) in [5.74, 6) is -0.692. The van der Waals surface area contributed by atoms with Gasteiger partial charge in [-0.05, 0) is 30.9 Å². The molecule has 0 spiro atoms. The summed E-state index contributed by atoms with van der Waals surface area (Å²) in [6.45, 7) is 2.00. The van der Waals surface area contributed by atoms with Crippen molar-refractivity contribution in [1.29, 1.82) is 0 Å². The topological polar surface area (TPSA) is 109 Å². The minimum Gasteiger partial charge on any atom is -0.480 e. The fraction of sp³-hybridized carbons (Fsp3) is 0.500. The summed E-state index contributed by atoms with van der Waals surface area (Å²) >= 11 is 0. The molecule has 0 bridgehead atoms. The maximum absolute atomic E-state index is 11.7. The number of carboxylic acids is 1. The van der Waals surface area contributed by atoms with Crippen LogP contribution in [0.25, 0.3) is 0 Å². The van der Waals surface area contributed by atoms with Crippen molar-refractivity contribution >= 4 is 21.7 Å². The fourth-order valence-electron chi connectivity index (χ4n) is 2.99. The van der Waals surface area contributed by atoms with Gasteiger partial charge in [0.15, 0.2) is 0 Å². The van der Waals surface area contributed by atoms with Crippen molar-refractivity contribution in [2.24, 2.45) is 11.1 Å². The van der Waals surface area contributed by atoms with E-state index in [9.17, 15) is 18.3 Å². The first-order valence-electron chi connectivity index (χ1n) is 6.88. The second-order valence-corrected chi connectivity index (χ2v) is 7.28. The molecule has 0 heterocycles. The van der Waals surface area contributed by atoms with Crippen LogP contribution < -0.4 is 10.5 Å². The first-order valence-corrected chi connectivity index (χ1v) is 8.43. The van der Waals surface area contributed by atoms with Gasteiger partial charge in [-0.3, -0.25) is 0 Å². The van der Waals surface area contributed by atoms with Crippen LogP contribution in [0.5, 0.6) is 0 Å². The number of benzene rings is 1. The lowest BCUT2D eigenvalue weighted by atomic mass is 9.76. The molecule has 116 valence electrons. The van der Waals surface area contributed by atoms with Gasteiger partial charge in [-0.15, -0.1) is 0 Å². The minimum atomic E-state index is -3.91. The number of hydrogen-bond acceptors (Lipinski definition) is 4. The van der Waals surface area contributed by atoms with Crippen LogP contribution in [-0.2, 0) is 14.8 Å². The SMILES string of the molecule is CC1CCCC(Nc2ccccc2S(N)(=O)=O)(C(=O)O)C1. The Morgan fingerprint density at radius 1 is 1.43 bits per heavy atom. The molecule has 21 heavy (non-hydrogen) atoms. The molecule has 1 aromatic rings. The Labute approximate surface area is 124 Å². The van der Waals surface area contributed by atoms with Crippen LogP contribution in [0.3, 0.4) is 0 Å².